The van der Waals surface area contributed by atoms with Gasteiger partial charge in [-0.15, -0.1) is 0 Å². The number of amides is 2. The summed E-state index contributed by atoms with van der Waals surface area (Å²) in [6, 6.07) is 18.5. The van der Waals surface area contributed by atoms with E-state index >= 15 is 0 Å². The van der Waals surface area contributed by atoms with E-state index in [1.165, 1.54) is 20.1 Å². The van der Waals surface area contributed by atoms with Crippen molar-refractivity contribution in [2.75, 3.05) is 17.7 Å². The SMILES string of the molecule is COc1ccc(NC(C)=O)c(NC(=O)/C=C/c2cn(-c3ccccc3)nc2-c2cccnc2)c1. The second kappa shape index (κ2) is 10.3. The molecule has 34 heavy (non-hydrogen) atoms. The highest BCUT2D eigenvalue weighted by atomic mass is 16.5. The van der Waals surface area contributed by atoms with E-state index in [0.29, 0.717) is 22.8 Å². The number of carbonyl (C=O) groups excluding carboxylic acids is 2. The Labute approximate surface area is 196 Å². The Morgan fingerprint density at radius 1 is 1.00 bits per heavy atom. The molecule has 2 N–H and O–H groups in total. The summed E-state index contributed by atoms with van der Waals surface area (Å²) in [5, 5.41) is 10.2. The molecule has 8 nitrogen and oxygen atoms in total. The van der Waals surface area contributed by atoms with E-state index in [2.05, 4.69) is 15.6 Å². The molecular formula is C26H23N5O3. The summed E-state index contributed by atoms with van der Waals surface area (Å²) in [6.07, 6.45) is 8.40. The zero-order chi connectivity index (χ0) is 23.9. The fourth-order valence-electron chi connectivity index (χ4n) is 3.34. The van der Waals surface area contributed by atoms with Crippen molar-refractivity contribution < 1.29 is 14.3 Å². The number of pyridine rings is 1. The number of carbonyl (C=O) groups is 2. The summed E-state index contributed by atoms with van der Waals surface area (Å²) < 4.78 is 7.00. The van der Waals surface area contributed by atoms with Gasteiger partial charge in [0.2, 0.25) is 11.8 Å². The molecule has 0 fully saturated rings. The maximum Gasteiger partial charge on any atom is 0.248 e. The Morgan fingerprint density at radius 2 is 1.82 bits per heavy atom. The highest BCUT2D eigenvalue weighted by Gasteiger charge is 2.12. The molecule has 0 aliphatic rings. The van der Waals surface area contributed by atoms with Crippen molar-refractivity contribution in [1.82, 2.24) is 14.8 Å². The molecule has 0 bridgehead atoms. The van der Waals surface area contributed by atoms with Gasteiger partial charge in [0.1, 0.15) is 11.4 Å². The van der Waals surface area contributed by atoms with Crippen LogP contribution < -0.4 is 15.4 Å². The lowest BCUT2D eigenvalue weighted by molar-refractivity contribution is -0.114. The predicted octanol–water partition coefficient (Wildman–Crippen LogP) is 4.55. The van der Waals surface area contributed by atoms with Gasteiger partial charge in [-0.3, -0.25) is 14.6 Å². The van der Waals surface area contributed by atoms with Gasteiger partial charge in [0.15, 0.2) is 0 Å². The van der Waals surface area contributed by atoms with E-state index in [1.807, 2.05) is 48.7 Å². The summed E-state index contributed by atoms with van der Waals surface area (Å²) in [5.41, 5.74) is 4.08. The highest BCUT2D eigenvalue weighted by molar-refractivity contribution is 6.05. The van der Waals surface area contributed by atoms with Crippen molar-refractivity contribution in [2.45, 2.75) is 6.92 Å². The van der Waals surface area contributed by atoms with Crippen LogP contribution in [0.1, 0.15) is 12.5 Å². The average Bonchev–Trinajstić information content (AvgIpc) is 3.29. The van der Waals surface area contributed by atoms with Crippen LogP contribution in [0.25, 0.3) is 23.0 Å². The monoisotopic (exact) mass is 453 g/mol. The number of ether oxygens (including phenoxy) is 1. The molecule has 2 amide bonds. The Hall–Kier alpha value is -4.72. The molecule has 0 aliphatic carbocycles. The lowest BCUT2D eigenvalue weighted by Gasteiger charge is -2.12. The number of nitrogens with zero attached hydrogens (tertiary/aromatic N) is 3. The molecule has 0 saturated carbocycles. The van der Waals surface area contributed by atoms with Gasteiger partial charge in [-0.1, -0.05) is 18.2 Å². The quantitative estimate of drug-likeness (QED) is 0.400. The summed E-state index contributed by atoms with van der Waals surface area (Å²) >= 11 is 0. The van der Waals surface area contributed by atoms with E-state index in [4.69, 9.17) is 9.84 Å². The van der Waals surface area contributed by atoms with Crippen LogP contribution in [-0.4, -0.2) is 33.7 Å². The fourth-order valence-corrected chi connectivity index (χ4v) is 3.34. The van der Waals surface area contributed by atoms with Gasteiger partial charge < -0.3 is 15.4 Å². The van der Waals surface area contributed by atoms with E-state index in [-0.39, 0.29) is 11.8 Å². The lowest BCUT2D eigenvalue weighted by atomic mass is 10.1. The summed E-state index contributed by atoms with van der Waals surface area (Å²) in [4.78, 5) is 28.5. The van der Waals surface area contributed by atoms with Crippen molar-refractivity contribution >= 4 is 29.3 Å². The van der Waals surface area contributed by atoms with Gasteiger partial charge in [-0.2, -0.15) is 5.10 Å². The number of rotatable bonds is 7. The Morgan fingerprint density at radius 3 is 2.53 bits per heavy atom. The number of anilines is 2. The van der Waals surface area contributed by atoms with Crippen LogP contribution in [0.3, 0.4) is 0 Å². The van der Waals surface area contributed by atoms with Gasteiger partial charge in [0.05, 0.1) is 24.2 Å². The number of nitrogens with one attached hydrogen (secondary N) is 2. The Bertz CT molecular complexity index is 1330. The molecule has 0 saturated heterocycles. The normalized spacial score (nSPS) is 10.8. The number of benzene rings is 2. The van der Waals surface area contributed by atoms with Crippen molar-refractivity contribution in [3.05, 3.63) is 90.9 Å². The van der Waals surface area contributed by atoms with Crippen LogP contribution in [0.2, 0.25) is 0 Å². The molecule has 0 aliphatic heterocycles. The smallest absolute Gasteiger partial charge is 0.248 e. The van der Waals surface area contributed by atoms with E-state index in [9.17, 15) is 9.59 Å². The number of para-hydroxylation sites is 1. The Balaban J connectivity index is 1.63. The third-order valence-corrected chi connectivity index (χ3v) is 4.91. The molecule has 8 heteroatoms. The van der Waals surface area contributed by atoms with Crippen LogP contribution in [-0.2, 0) is 9.59 Å². The molecular weight excluding hydrogens is 430 g/mol. The van der Waals surface area contributed by atoms with E-state index in [1.54, 1.807) is 41.4 Å². The van der Waals surface area contributed by atoms with Gasteiger partial charge >= 0.3 is 0 Å². The first-order chi connectivity index (χ1) is 16.5. The van der Waals surface area contributed by atoms with Gasteiger partial charge in [0.25, 0.3) is 0 Å². The number of aromatic nitrogens is 3. The van der Waals surface area contributed by atoms with Crippen molar-refractivity contribution in [1.29, 1.82) is 0 Å². The standard InChI is InChI=1S/C26H23N5O3/c1-18(32)28-23-12-11-22(34-2)15-24(23)29-25(33)13-10-20-17-31(21-8-4-3-5-9-21)30-26(20)19-7-6-14-27-16-19/h3-17H,1-2H3,(H,28,32)(H,29,33)/b13-10+. The Kier molecular flexibility index (Phi) is 6.78. The second-order valence-corrected chi connectivity index (χ2v) is 7.37. The molecule has 2 aromatic heterocycles. The number of hydrogen-bond acceptors (Lipinski definition) is 5. The maximum absolute atomic E-state index is 12.8. The second-order valence-electron chi connectivity index (χ2n) is 7.37. The minimum absolute atomic E-state index is 0.245. The third-order valence-electron chi connectivity index (χ3n) is 4.91. The lowest BCUT2D eigenvalue weighted by Crippen LogP contribution is -2.13. The van der Waals surface area contributed by atoms with Gasteiger partial charge in [-0.05, 0) is 42.5 Å². The third kappa shape index (κ3) is 5.36. The maximum atomic E-state index is 12.8. The van der Waals surface area contributed by atoms with E-state index < -0.39 is 0 Å². The van der Waals surface area contributed by atoms with Crippen LogP contribution in [0.5, 0.6) is 5.75 Å². The first-order valence-corrected chi connectivity index (χ1v) is 10.5. The first kappa shape index (κ1) is 22.5. The average molecular weight is 454 g/mol. The van der Waals surface area contributed by atoms with Crippen molar-refractivity contribution in [3.8, 4) is 22.7 Å². The zero-order valence-electron chi connectivity index (χ0n) is 18.7. The minimum Gasteiger partial charge on any atom is -0.497 e. The van der Waals surface area contributed by atoms with Crippen molar-refractivity contribution in [3.63, 3.8) is 0 Å². The number of hydrogen-bond donors (Lipinski definition) is 2. The van der Waals surface area contributed by atoms with Crippen LogP contribution in [0.4, 0.5) is 11.4 Å². The van der Waals surface area contributed by atoms with E-state index in [0.717, 1.165) is 16.8 Å². The topological polar surface area (TPSA) is 98.1 Å². The molecule has 0 radical (unpaired) electrons. The fraction of sp³-hybridized carbons (Fsp3) is 0.0769. The molecule has 4 rings (SSSR count). The summed E-state index contributed by atoms with van der Waals surface area (Å²) in [6.45, 7) is 1.40. The molecule has 2 heterocycles. The van der Waals surface area contributed by atoms with Crippen LogP contribution in [0, 0.1) is 0 Å². The molecule has 0 spiro atoms. The zero-order valence-corrected chi connectivity index (χ0v) is 18.7. The van der Waals surface area contributed by atoms with Crippen LogP contribution >= 0.6 is 0 Å². The minimum atomic E-state index is -0.371. The largest absolute Gasteiger partial charge is 0.497 e. The van der Waals surface area contributed by atoms with Crippen LogP contribution in [0.15, 0.2) is 85.3 Å². The molecule has 0 atom stereocenters. The van der Waals surface area contributed by atoms with Crippen molar-refractivity contribution in [2.24, 2.45) is 0 Å². The van der Waals surface area contributed by atoms with Gasteiger partial charge in [0, 0.05) is 48.8 Å². The van der Waals surface area contributed by atoms with Gasteiger partial charge in [-0.25, -0.2) is 4.68 Å². The predicted molar refractivity (Wildman–Crippen MR) is 132 cm³/mol. The summed E-state index contributed by atoms with van der Waals surface area (Å²) in [5.74, 6) is -0.0634. The first-order valence-electron chi connectivity index (χ1n) is 10.5. The molecule has 4 aromatic rings. The molecule has 0 unspecified atom stereocenters. The number of methoxy groups -OCH3 is 1. The summed E-state index contributed by atoms with van der Waals surface area (Å²) in [7, 11) is 1.53. The highest BCUT2D eigenvalue weighted by Crippen LogP contribution is 2.28. The molecule has 170 valence electrons. The molecule has 2 aromatic carbocycles.